The number of fused-ring (bicyclic) bond motifs is 1. The van der Waals surface area contributed by atoms with Crippen LogP contribution in [0.25, 0.3) is 16.5 Å². The first-order valence-electron chi connectivity index (χ1n) is 8.86. The van der Waals surface area contributed by atoms with Crippen LogP contribution in [-0.2, 0) is 4.74 Å². The van der Waals surface area contributed by atoms with E-state index in [9.17, 15) is 0 Å². The number of rotatable bonds is 6. The molecule has 0 aliphatic carbocycles. The number of nitrogens with zero attached hydrogens (tertiary/aromatic N) is 3. The van der Waals surface area contributed by atoms with Gasteiger partial charge in [0, 0.05) is 37.7 Å². The molecule has 0 amide bonds. The van der Waals surface area contributed by atoms with E-state index in [1.54, 1.807) is 0 Å². The lowest BCUT2D eigenvalue weighted by Gasteiger charge is -2.24. The van der Waals surface area contributed by atoms with E-state index in [1.165, 1.54) is 0 Å². The predicted molar refractivity (Wildman–Crippen MR) is 102 cm³/mol. The van der Waals surface area contributed by atoms with E-state index in [-0.39, 0.29) is 0 Å². The summed E-state index contributed by atoms with van der Waals surface area (Å²) in [5.41, 5.74) is 2.98. The Bertz CT molecular complexity index is 758. The Morgan fingerprint density at radius 3 is 2.88 bits per heavy atom. The minimum atomic E-state index is 0.343. The van der Waals surface area contributed by atoms with Crippen molar-refractivity contribution < 1.29 is 4.74 Å². The first-order chi connectivity index (χ1) is 12.1. The van der Waals surface area contributed by atoms with Crippen molar-refractivity contribution in [3.8, 4) is 0 Å². The van der Waals surface area contributed by atoms with E-state index in [2.05, 4.69) is 58.9 Å². The number of H-pyrrole nitrogens is 1. The molecular formula is C19H27N5O. The molecule has 3 heterocycles. The number of pyridine rings is 1. The lowest BCUT2D eigenvalue weighted by Crippen LogP contribution is -2.28. The summed E-state index contributed by atoms with van der Waals surface area (Å²) < 4.78 is 5.45. The molecule has 0 unspecified atom stereocenters. The summed E-state index contributed by atoms with van der Waals surface area (Å²) in [6.45, 7) is 11.8. The van der Waals surface area contributed by atoms with Gasteiger partial charge in [0.05, 0.1) is 10.9 Å². The van der Waals surface area contributed by atoms with Crippen molar-refractivity contribution in [3.05, 3.63) is 36.9 Å². The van der Waals surface area contributed by atoms with Crippen molar-refractivity contribution >= 4 is 22.3 Å². The molecule has 2 N–H and O–H groups in total. The molecule has 1 fully saturated rings. The molecule has 0 radical (unpaired) electrons. The number of hydrogen-bond acceptors (Lipinski definition) is 5. The minimum absolute atomic E-state index is 0.343. The van der Waals surface area contributed by atoms with Gasteiger partial charge < -0.3 is 15.0 Å². The van der Waals surface area contributed by atoms with Crippen molar-refractivity contribution in [2.45, 2.75) is 45.7 Å². The molecule has 25 heavy (non-hydrogen) atoms. The van der Waals surface area contributed by atoms with Gasteiger partial charge in [-0.3, -0.25) is 5.10 Å². The van der Waals surface area contributed by atoms with Gasteiger partial charge in [0.2, 0.25) is 0 Å². The monoisotopic (exact) mass is 341 g/mol. The maximum absolute atomic E-state index is 5.45. The summed E-state index contributed by atoms with van der Waals surface area (Å²) in [4.78, 5) is 6.66. The lowest BCUT2D eigenvalue weighted by atomic mass is 10.1. The standard InChI is InChI=1S/C19H27N5O/c1-5-24(13(2)3)12-14(4)18-17-16(22-23-18)6-9-20-19(17)21-15-7-10-25-11-8-15/h5-6,9,12-13,15H,1,7-8,10-11H2,2-4H3,(H,20,21)(H,22,23)/b14-12+. The topological polar surface area (TPSA) is 66.1 Å². The van der Waals surface area contributed by atoms with E-state index >= 15 is 0 Å². The van der Waals surface area contributed by atoms with Gasteiger partial charge in [0.15, 0.2) is 0 Å². The van der Waals surface area contributed by atoms with Gasteiger partial charge in [-0.15, -0.1) is 0 Å². The Hall–Kier alpha value is -2.34. The number of nitrogens with one attached hydrogen (secondary N) is 2. The first kappa shape index (κ1) is 17.5. The van der Waals surface area contributed by atoms with Crippen molar-refractivity contribution in [2.24, 2.45) is 0 Å². The fourth-order valence-electron chi connectivity index (χ4n) is 3.09. The van der Waals surface area contributed by atoms with Crippen LogP contribution in [0.1, 0.15) is 39.3 Å². The van der Waals surface area contributed by atoms with E-state index in [0.29, 0.717) is 12.1 Å². The van der Waals surface area contributed by atoms with Gasteiger partial charge in [-0.05, 0) is 51.5 Å². The summed E-state index contributed by atoms with van der Waals surface area (Å²) in [7, 11) is 0. The van der Waals surface area contributed by atoms with E-state index in [4.69, 9.17) is 4.74 Å². The minimum Gasteiger partial charge on any atom is -0.381 e. The van der Waals surface area contributed by atoms with Crippen LogP contribution in [0.4, 0.5) is 5.82 Å². The molecule has 134 valence electrons. The predicted octanol–water partition coefficient (Wildman–Crippen LogP) is 3.76. The Morgan fingerprint density at radius 1 is 1.44 bits per heavy atom. The highest BCUT2D eigenvalue weighted by Gasteiger charge is 2.18. The maximum Gasteiger partial charge on any atom is 0.137 e. The van der Waals surface area contributed by atoms with Crippen molar-refractivity contribution in [1.82, 2.24) is 20.1 Å². The van der Waals surface area contributed by atoms with Gasteiger partial charge in [0.1, 0.15) is 11.5 Å². The lowest BCUT2D eigenvalue weighted by molar-refractivity contribution is 0.0904. The van der Waals surface area contributed by atoms with Gasteiger partial charge in [-0.2, -0.15) is 5.10 Å². The molecule has 0 aromatic carbocycles. The number of ether oxygens (including phenoxy) is 1. The van der Waals surface area contributed by atoms with Crippen LogP contribution in [0.15, 0.2) is 31.2 Å². The highest BCUT2D eigenvalue weighted by atomic mass is 16.5. The SMILES string of the molecule is C=CN(/C=C(\C)c1n[nH]c2ccnc(NC3CCOCC3)c12)C(C)C. The first-order valence-corrected chi connectivity index (χ1v) is 8.86. The van der Waals surface area contributed by atoms with Gasteiger partial charge >= 0.3 is 0 Å². The Balaban J connectivity index is 1.96. The molecule has 2 aromatic rings. The van der Waals surface area contributed by atoms with E-state index < -0.39 is 0 Å². The Labute approximate surface area is 149 Å². The smallest absolute Gasteiger partial charge is 0.137 e. The molecule has 0 saturated carbocycles. The second-order valence-corrected chi connectivity index (χ2v) is 6.72. The summed E-state index contributed by atoms with van der Waals surface area (Å²) >= 11 is 0. The highest BCUT2D eigenvalue weighted by Crippen LogP contribution is 2.29. The summed E-state index contributed by atoms with van der Waals surface area (Å²) in [5.74, 6) is 0.885. The fraction of sp³-hybridized carbons (Fsp3) is 0.474. The van der Waals surface area contributed by atoms with Gasteiger partial charge in [-0.1, -0.05) is 6.58 Å². The molecule has 1 aliphatic heterocycles. The molecule has 1 saturated heterocycles. The van der Waals surface area contributed by atoms with E-state index in [1.807, 2.05) is 18.5 Å². The molecule has 2 aromatic heterocycles. The van der Waals surface area contributed by atoms with Crippen molar-refractivity contribution in [1.29, 1.82) is 0 Å². The number of hydrogen-bond donors (Lipinski definition) is 2. The van der Waals surface area contributed by atoms with Crippen molar-refractivity contribution in [2.75, 3.05) is 18.5 Å². The average Bonchev–Trinajstić information content (AvgIpc) is 3.05. The average molecular weight is 341 g/mol. The molecule has 0 bridgehead atoms. The summed E-state index contributed by atoms with van der Waals surface area (Å²) in [5, 5.41) is 12.3. The molecule has 1 aliphatic rings. The number of anilines is 1. The van der Waals surface area contributed by atoms with Crippen LogP contribution < -0.4 is 5.32 Å². The van der Waals surface area contributed by atoms with Gasteiger partial charge in [0.25, 0.3) is 0 Å². The second-order valence-electron chi connectivity index (χ2n) is 6.72. The third-order valence-electron chi connectivity index (χ3n) is 4.56. The zero-order valence-electron chi connectivity index (χ0n) is 15.2. The zero-order chi connectivity index (χ0) is 17.8. The Kier molecular flexibility index (Phi) is 5.38. The van der Waals surface area contributed by atoms with Gasteiger partial charge in [-0.25, -0.2) is 4.98 Å². The third-order valence-corrected chi connectivity index (χ3v) is 4.56. The Morgan fingerprint density at radius 2 is 2.20 bits per heavy atom. The molecular weight excluding hydrogens is 314 g/mol. The van der Waals surface area contributed by atoms with Crippen LogP contribution in [-0.4, -0.2) is 45.4 Å². The fourth-order valence-corrected chi connectivity index (χ4v) is 3.09. The highest BCUT2D eigenvalue weighted by molar-refractivity contribution is 5.97. The van der Waals surface area contributed by atoms with Crippen LogP contribution in [0, 0.1) is 0 Å². The number of aromatic amines is 1. The largest absolute Gasteiger partial charge is 0.381 e. The zero-order valence-corrected chi connectivity index (χ0v) is 15.2. The second kappa shape index (κ2) is 7.70. The van der Waals surface area contributed by atoms with Crippen LogP contribution >= 0.6 is 0 Å². The van der Waals surface area contributed by atoms with Crippen LogP contribution in [0.3, 0.4) is 0 Å². The molecule has 0 spiro atoms. The van der Waals surface area contributed by atoms with E-state index in [0.717, 1.165) is 54.0 Å². The third kappa shape index (κ3) is 3.85. The molecule has 6 nitrogen and oxygen atoms in total. The number of allylic oxidation sites excluding steroid dienone is 1. The quantitative estimate of drug-likeness (QED) is 0.837. The van der Waals surface area contributed by atoms with Crippen LogP contribution in [0.5, 0.6) is 0 Å². The molecule has 6 heteroatoms. The van der Waals surface area contributed by atoms with Crippen LogP contribution in [0.2, 0.25) is 0 Å². The normalized spacial score (nSPS) is 16.4. The summed E-state index contributed by atoms with van der Waals surface area (Å²) in [6.07, 6.45) is 7.73. The number of aromatic nitrogens is 3. The molecule has 0 atom stereocenters. The maximum atomic E-state index is 5.45. The summed E-state index contributed by atoms with van der Waals surface area (Å²) in [6, 6.07) is 2.69. The molecule has 3 rings (SSSR count). The van der Waals surface area contributed by atoms with Crippen molar-refractivity contribution in [3.63, 3.8) is 0 Å².